The van der Waals surface area contributed by atoms with E-state index < -0.39 is 0 Å². The first kappa shape index (κ1) is 16.4. The van der Waals surface area contributed by atoms with Crippen molar-refractivity contribution >= 4 is 5.91 Å². The van der Waals surface area contributed by atoms with E-state index in [0.717, 1.165) is 32.0 Å². The molecule has 5 heteroatoms. The van der Waals surface area contributed by atoms with E-state index in [1.54, 1.807) is 4.90 Å². The molecule has 0 spiro atoms. The van der Waals surface area contributed by atoms with Crippen molar-refractivity contribution in [3.8, 4) is 0 Å². The average molecular weight is 270 g/mol. The van der Waals surface area contributed by atoms with Gasteiger partial charge < -0.3 is 20.4 Å². The van der Waals surface area contributed by atoms with E-state index in [9.17, 15) is 4.79 Å². The molecule has 1 aliphatic heterocycles. The summed E-state index contributed by atoms with van der Waals surface area (Å²) in [4.78, 5) is 18.4. The van der Waals surface area contributed by atoms with Gasteiger partial charge in [-0.1, -0.05) is 0 Å². The molecular weight excluding hydrogens is 240 g/mol. The third kappa shape index (κ3) is 6.36. The van der Waals surface area contributed by atoms with Crippen LogP contribution in [0.15, 0.2) is 0 Å². The Morgan fingerprint density at radius 2 is 2.11 bits per heavy atom. The maximum atomic E-state index is 11.9. The van der Waals surface area contributed by atoms with Gasteiger partial charge in [-0.2, -0.15) is 0 Å². The monoisotopic (exact) mass is 270 g/mol. The van der Waals surface area contributed by atoms with Crippen molar-refractivity contribution in [1.82, 2.24) is 14.7 Å². The first-order valence-electron chi connectivity index (χ1n) is 7.34. The Bertz CT molecular complexity index is 272. The highest BCUT2D eigenvalue weighted by Crippen LogP contribution is 2.15. The van der Waals surface area contributed by atoms with Gasteiger partial charge in [0.2, 0.25) is 5.91 Å². The van der Waals surface area contributed by atoms with Gasteiger partial charge in [-0.25, -0.2) is 0 Å². The molecule has 1 fully saturated rings. The lowest BCUT2D eigenvalue weighted by molar-refractivity contribution is -0.130. The Hall–Kier alpha value is -0.650. The highest BCUT2D eigenvalue weighted by atomic mass is 16.2. The van der Waals surface area contributed by atoms with Crippen LogP contribution in [0.1, 0.15) is 19.3 Å². The van der Waals surface area contributed by atoms with Crippen molar-refractivity contribution in [2.24, 2.45) is 11.7 Å². The van der Waals surface area contributed by atoms with Crippen LogP contribution < -0.4 is 5.73 Å². The predicted octanol–water partition coefficient (Wildman–Crippen LogP) is 0.0672. The maximum Gasteiger partial charge on any atom is 0.223 e. The van der Waals surface area contributed by atoms with Crippen LogP contribution in [0.2, 0.25) is 0 Å². The van der Waals surface area contributed by atoms with Crippen molar-refractivity contribution < 1.29 is 4.79 Å². The van der Waals surface area contributed by atoms with E-state index in [0.29, 0.717) is 13.0 Å². The fourth-order valence-electron chi connectivity index (χ4n) is 2.64. The molecule has 0 aromatic heterocycles. The smallest absolute Gasteiger partial charge is 0.223 e. The number of hydrogen-bond acceptors (Lipinski definition) is 4. The van der Waals surface area contributed by atoms with E-state index in [-0.39, 0.29) is 5.91 Å². The van der Waals surface area contributed by atoms with Gasteiger partial charge >= 0.3 is 0 Å². The van der Waals surface area contributed by atoms with Crippen LogP contribution in [0.25, 0.3) is 0 Å². The Labute approximate surface area is 117 Å². The average Bonchev–Trinajstić information content (AvgIpc) is 2.78. The van der Waals surface area contributed by atoms with Gasteiger partial charge in [-0.3, -0.25) is 4.79 Å². The van der Waals surface area contributed by atoms with Crippen LogP contribution in [0.5, 0.6) is 0 Å². The van der Waals surface area contributed by atoms with E-state index in [2.05, 4.69) is 23.9 Å². The van der Waals surface area contributed by atoms with E-state index in [1.807, 2.05) is 7.05 Å². The van der Waals surface area contributed by atoms with Crippen LogP contribution in [0.3, 0.4) is 0 Å². The molecule has 1 unspecified atom stereocenters. The van der Waals surface area contributed by atoms with Crippen molar-refractivity contribution in [1.29, 1.82) is 0 Å². The molecule has 0 aromatic carbocycles. The molecule has 5 nitrogen and oxygen atoms in total. The zero-order valence-corrected chi connectivity index (χ0v) is 12.8. The number of carbonyl (C=O) groups is 1. The third-order valence-corrected chi connectivity index (χ3v) is 3.89. The number of carbonyl (C=O) groups excluding carboxylic acids is 1. The lowest BCUT2D eigenvalue weighted by atomic mass is 10.1. The third-order valence-electron chi connectivity index (χ3n) is 3.89. The van der Waals surface area contributed by atoms with Crippen LogP contribution in [0.4, 0.5) is 0 Å². The van der Waals surface area contributed by atoms with E-state index >= 15 is 0 Å². The summed E-state index contributed by atoms with van der Waals surface area (Å²) in [6.45, 7) is 5.77. The minimum absolute atomic E-state index is 0.226. The Morgan fingerprint density at radius 1 is 1.37 bits per heavy atom. The van der Waals surface area contributed by atoms with Gasteiger partial charge in [0.05, 0.1) is 0 Å². The second kappa shape index (κ2) is 8.51. The summed E-state index contributed by atoms with van der Waals surface area (Å²) in [7, 11) is 6.16. The van der Waals surface area contributed by atoms with Crippen LogP contribution in [-0.2, 0) is 4.79 Å². The van der Waals surface area contributed by atoms with Gasteiger partial charge in [-0.05, 0) is 45.9 Å². The number of nitrogens with two attached hydrogens (primary N) is 1. The molecular formula is C14H30N4O. The summed E-state index contributed by atoms with van der Waals surface area (Å²) >= 11 is 0. The van der Waals surface area contributed by atoms with Crippen LogP contribution in [-0.4, -0.2) is 81.0 Å². The van der Waals surface area contributed by atoms with Crippen molar-refractivity contribution in [2.75, 3.05) is 60.4 Å². The molecule has 1 aliphatic rings. The Morgan fingerprint density at radius 3 is 2.68 bits per heavy atom. The zero-order valence-electron chi connectivity index (χ0n) is 12.8. The van der Waals surface area contributed by atoms with Gasteiger partial charge in [0.1, 0.15) is 0 Å². The lowest BCUT2D eigenvalue weighted by Crippen LogP contribution is -2.34. The topological polar surface area (TPSA) is 52.8 Å². The fourth-order valence-corrected chi connectivity index (χ4v) is 2.64. The summed E-state index contributed by atoms with van der Waals surface area (Å²) in [5.74, 6) is 0.990. The van der Waals surface area contributed by atoms with Crippen LogP contribution >= 0.6 is 0 Å². The molecule has 112 valence electrons. The van der Waals surface area contributed by atoms with Gasteiger partial charge in [0.25, 0.3) is 0 Å². The minimum atomic E-state index is 0.226. The number of amides is 1. The largest absolute Gasteiger partial charge is 0.346 e. The zero-order chi connectivity index (χ0) is 14.3. The van der Waals surface area contributed by atoms with Gasteiger partial charge in [-0.15, -0.1) is 0 Å². The Balaban J connectivity index is 2.15. The molecule has 0 radical (unpaired) electrons. The fraction of sp³-hybridized carbons (Fsp3) is 0.929. The summed E-state index contributed by atoms with van der Waals surface area (Å²) in [5, 5.41) is 0. The number of rotatable bonds is 8. The summed E-state index contributed by atoms with van der Waals surface area (Å²) in [6, 6.07) is 0. The SMILES string of the molecule is CN(CCC(=O)N(C)CCCN)CC1CCN(C)C1. The molecule has 19 heavy (non-hydrogen) atoms. The van der Waals surface area contributed by atoms with Crippen molar-refractivity contribution in [3.63, 3.8) is 0 Å². The lowest BCUT2D eigenvalue weighted by Gasteiger charge is -2.22. The standard InChI is InChI=1S/C14H30N4O/c1-16-9-5-13(11-16)12-17(2)10-6-14(19)18(3)8-4-7-15/h13H,4-12,15H2,1-3H3. The molecule has 1 amide bonds. The van der Waals surface area contributed by atoms with Crippen LogP contribution in [0, 0.1) is 5.92 Å². The maximum absolute atomic E-state index is 11.9. The Kier molecular flexibility index (Phi) is 7.34. The van der Waals surface area contributed by atoms with Gasteiger partial charge in [0.15, 0.2) is 0 Å². The first-order chi connectivity index (χ1) is 9.02. The van der Waals surface area contributed by atoms with Gasteiger partial charge in [0, 0.05) is 39.6 Å². The molecule has 1 rings (SSSR count). The number of nitrogens with zero attached hydrogens (tertiary/aromatic N) is 3. The highest BCUT2D eigenvalue weighted by Gasteiger charge is 2.20. The second-order valence-electron chi connectivity index (χ2n) is 5.89. The highest BCUT2D eigenvalue weighted by molar-refractivity contribution is 5.76. The van der Waals surface area contributed by atoms with E-state index in [1.165, 1.54) is 19.5 Å². The normalized spacial score (nSPS) is 20.2. The second-order valence-corrected chi connectivity index (χ2v) is 5.89. The summed E-state index contributed by atoms with van der Waals surface area (Å²) in [5.41, 5.74) is 5.45. The van der Waals surface area contributed by atoms with E-state index in [4.69, 9.17) is 5.73 Å². The predicted molar refractivity (Wildman–Crippen MR) is 79.0 cm³/mol. The molecule has 1 saturated heterocycles. The quantitative estimate of drug-likeness (QED) is 0.678. The molecule has 0 aromatic rings. The molecule has 1 heterocycles. The first-order valence-corrected chi connectivity index (χ1v) is 7.34. The molecule has 1 atom stereocenters. The summed E-state index contributed by atoms with van der Waals surface area (Å²) < 4.78 is 0. The number of likely N-dealkylation sites (tertiary alicyclic amines) is 1. The molecule has 2 N–H and O–H groups in total. The molecule has 0 aliphatic carbocycles. The molecule has 0 bridgehead atoms. The molecule has 0 saturated carbocycles. The number of hydrogen-bond donors (Lipinski definition) is 1. The summed E-state index contributed by atoms with van der Waals surface area (Å²) in [6.07, 6.45) is 2.78. The minimum Gasteiger partial charge on any atom is -0.346 e. The van der Waals surface area contributed by atoms with Crippen molar-refractivity contribution in [3.05, 3.63) is 0 Å². The van der Waals surface area contributed by atoms with Crippen molar-refractivity contribution in [2.45, 2.75) is 19.3 Å².